The molecule has 4 aromatic carbocycles. The fraction of sp³-hybridized carbons (Fsp3) is 0.375. The first-order valence-corrected chi connectivity index (χ1v) is 26.2. The van der Waals surface area contributed by atoms with Crippen molar-refractivity contribution in [1.82, 2.24) is 0 Å². The molecule has 2 aliphatic rings. The Bertz CT molecular complexity index is 2780. The Morgan fingerprint density at radius 3 is 1.98 bits per heavy atom. The number of aliphatic hydroxyl groups is 1. The molecule has 2 heterocycles. The van der Waals surface area contributed by atoms with Crippen LogP contribution >= 0.6 is 15.2 Å². The Morgan fingerprint density at radius 2 is 1.35 bits per heavy atom. The van der Waals surface area contributed by atoms with Gasteiger partial charge in [-0.15, -0.1) is 0 Å². The number of nitrogens with zero attached hydrogens (tertiary/aromatic N) is 2. The molecule has 4 aromatic rings. The van der Waals surface area contributed by atoms with E-state index in [2.05, 4.69) is 97.9 Å². The molecule has 0 aliphatic carbocycles. The van der Waals surface area contributed by atoms with Crippen molar-refractivity contribution in [3.8, 4) is 0 Å². The molecule has 0 spiro atoms. The zero-order chi connectivity index (χ0) is 46.7. The van der Waals surface area contributed by atoms with Crippen LogP contribution in [0.3, 0.4) is 0 Å². The van der Waals surface area contributed by atoms with Crippen molar-refractivity contribution in [3.63, 3.8) is 0 Å². The number of benzene rings is 4. The van der Waals surface area contributed by atoms with Crippen LogP contribution in [0.1, 0.15) is 90.2 Å². The fourth-order valence-electron chi connectivity index (χ4n) is 9.28. The van der Waals surface area contributed by atoms with Crippen LogP contribution in [0.15, 0.2) is 121 Å². The maximum atomic E-state index is 12.7. The van der Waals surface area contributed by atoms with Gasteiger partial charge in [-0.2, -0.15) is 4.58 Å². The summed E-state index contributed by atoms with van der Waals surface area (Å²) in [5.41, 5.74) is 5.94. The van der Waals surface area contributed by atoms with Crippen LogP contribution in [0.4, 0.5) is 11.4 Å². The van der Waals surface area contributed by atoms with Crippen LogP contribution < -0.4 is 39.4 Å². The fourth-order valence-corrected chi connectivity index (χ4v) is 12.0. The summed E-state index contributed by atoms with van der Waals surface area (Å²) in [6.45, 7) is 9.93. The number of rotatable bonds is 20. The number of Topliss-reactive ketones (excluding diaryl/α,β-unsaturated/α-hetero) is 1. The summed E-state index contributed by atoms with van der Waals surface area (Å²) in [6.07, 6.45) is 14.6. The minimum Gasteiger partial charge on any atom is -0.776 e. The van der Waals surface area contributed by atoms with Crippen LogP contribution in [-0.4, -0.2) is 72.8 Å². The number of ketones is 1. The van der Waals surface area contributed by atoms with Crippen molar-refractivity contribution in [2.45, 2.75) is 95.0 Å². The van der Waals surface area contributed by atoms with E-state index >= 15 is 0 Å². The van der Waals surface area contributed by atoms with Crippen molar-refractivity contribution in [2.75, 3.05) is 23.7 Å². The SMILES string of the molecule is CC1(C)C(/C=C/C=C/C=C/C=C2\N(CCCCC(=O)CCCC(O)(P(=O)([O-])O)P(=O)(O)O)c3ccc4ccccc4c3C2(C)C)=[N+](CCCCS(=O)(=O)[O-])c2ccc3ccccc3c21.[Na+]. The minimum absolute atomic E-state index is 0. The summed E-state index contributed by atoms with van der Waals surface area (Å²) in [6, 6.07) is 25.0. The Hall–Kier alpha value is -3.33. The van der Waals surface area contributed by atoms with E-state index in [-0.39, 0.29) is 71.9 Å². The quantitative estimate of drug-likeness (QED) is 0.0221. The van der Waals surface area contributed by atoms with Gasteiger partial charge in [-0.3, -0.25) is 9.36 Å². The van der Waals surface area contributed by atoms with Crippen molar-refractivity contribution in [3.05, 3.63) is 132 Å². The van der Waals surface area contributed by atoms with E-state index in [9.17, 15) is 51.6 Å². The number of allylic oxidation sites excluding steroid dienone is 8. The monoisotopic (exact) mass is 954 g/mol. The number of carbonyl (C=O) groups excluding carboxylic acids is 1. The number of unbranched alkanes of at least 4 members (excludes halogenated alkanes) is 2. The third-order valence-electron chi connectivity index (χ3n) is 12.5. The van der Waals surface area contributed by atoms with Gasteiger partial charge in [0.15, 0.2) is 13.3 Å². The van der Waals surface area contributed by atoms with Gasteiger partial charge in [-0.05, 0) is 91.3 Å². The molecule has 0 saturated carbocycles. The molecule has 0 fully saturated rings. The average Bonchev–Trinajstić information content (AvgIpc) is 3.57. The molecule has 2 aliphatic heterocycles. The maximum Gasteiger partial charge on any atom is 1.00 e. The summed E-state index contributed by atoms with van der Waals surface area (Å²) in [5.74, 6) is -0.648. The maximum absolute atomic E-state index is 12.7. The molecule has 6 rings (SSSR count). The van der Waals surface area contributed by atoms with Crippen LogP contribution in [0, 0.1) is 0 Å². The Morgan fingerprint density at radius 1 is 0.769 bits per heavy atom. The van der Waals surface area contributed by atoms with Gasteiger partial charge in [0.25, 0.3) is 0 Å². The van der Waals surface area contributed by atoms with Gasteiger partial charge in [0.05, 0.1) is 15.5 Å². The van der Waals surface area contributed by atoms with Gasteiger partial charge in [0, 0.05) is 66.1 Å². The van der Waals surface area contributed by atoms with Crippen molar-refractivity contribution in [1.29, 1.82) is 0 Å². The van der Waals surface area contributed by atoms with E-state index in [1.807, 2.05) is 54.6 Å². The van der Waals surface area contributed by atoms with Crippen molar-refractivity contribution < 1.29 is 85.7 Å². The molecule has 4 N–H and O–H groups in total. The molecule has 0 aromatic heterocycles. The van der Waals surface area contributed by atoms with E-state index in [1.54, 1.807) is 0 Å². The van der Waals surface area contributed by atoms with Gasteiger partial charge in [0.2, 0.25) is 10.8 Å². The van der Waals surface area contributed by atoms with Crippen molar-refractivity contribution in [2.24, 2.45) is 0 Å². The van der Waals surface area contributed by atoms with E-state index in [1.165, 1.54) is 11.1 Å². The molecule has 2 atom stereocenters. The number of fused-ring (bicyclic) bond motifs is 6. The number of anilines is 1. The van der Waals surface area contributed by atoms with E-state index in [0.717, 1.165) is 44.3 Å². The molecule has 2 unspecified atom stereocenters. The van der Waals surface area contributed by atoms with E-state index in [0.29, 0.717) is 32.4 Å². The molecule has 0 bridgehead atoms. The van der Waals surface area contributed by atoms with Gasteiger partial charge in [-0.25, -0.2) is 8.42 Å². The van der Waals surface area contributed by atoms with Crippen LogP contribution in [0.25, 0.3) is 21.5 Å². The number of hydrogen-bond donors (Lipinski definition) is 4. The largest absolute Gasteiger partial charge is 1.00 e. The molecule has 0 saturated heterocycles. The van der Waals surface area contributed by atoms with Gasteiger partial charge in [0.1, 0.15) is 12.3 Å². The summed E-state index contributed by atoms with van der Waals surface area (Å²) in [4.78, 5) is 54.6. The number of hydrogen-bond acceptors (Lipinski definition) is 9. The summed E-state index contributed by atoms with van der Waals surface area (Å²) >= 11 is 0. The molecule has 65 heavy (non-hydrogen) atoms. The van der Waals surface area contributed by atoms with Crippen LogP contribution in [0.2, 0.25) is 0 Å². The van der Waals surface area contributed by atoms with Gasteiger partial charge >= 0.3 is 37.2 Å². The first-order valence-electron chi connectivity index (χ1n) is 21.5. The molecular weight excluding hydrogens is 898 g/mol. The zero-order valence-corrected chi connectivity index (χ0v) is 42.2. The predicted molar refractivity (Wildman–Crippen MR) is 250 cm³/mol. The first-order chi connectivity index (χ1) is 30.0. The van der Waals surface area contributed by atoms with Crippen LogP contribution in [0.5, 0.6) is 0 Å². The first kappa shape index (κ1) is 52.6. The molecule has 13 nitrogen and oxygen atoms in total. The van der Waals surface area contributed by atoms with Gasteiger partial charge < -0.3 is 38.7 Å². The Balaban J connectivity index is 0.00000793. The van der Waals surface area contributed by atoms with E-state index in [4.69, 9.17) is 0 Å². The Kier molecular flexibility index (Phi) is 16.9. The second-order valence-corrected chi connectivity index (χ2v) is 23.1. The molecular formula is C48H57N2NaO11P2S. The third-order valence-corrected chi connectivity index (χ3v) is 17.1. The standard InChI is InChI=1S/C48H58N2O11P2S.Na/c1-46(2)42(25-8-6-5-7-9-26-43-47(3,4)45-39-24-13-11-20-36(39)28-30-41(45)50(43)33-16-17-34-64(59,60)61)49(40-29-27-35-19-10-12-23-38(35)44(40)46)32-15-14-21-37(51)22-18-31-48(52,62(53,54)55)63(56,57)58;/h5-13,19-20,23-30,52H,14-18,21-22,31-34H2,1-4H3,(H4-,53,54,55,56,57,58,59,60,61);/q;+1/p-1. The molecule has 0 amide bonds. The van der Waals surface area contributed by atoms with Gasteiger partial charge in [-0.1, -0.05) is 98.8 Å². The summed E-state index contributed by atoms with van der Waals surface area (Å²) in [7, 11) is -15.8. The predicted octanol–water partition coefficient (Wildman–Crippen LogP) is 5.33. The Labute approximate surface area is 403 Å². The van der Waals surface area contributed by atoms with Crippen molar-refractivity contribution >= 4 is 69.7 Å². The number of carbonyl (C=O) groups is 1. The average molecular weight is 955 g/mol. The zero-order valence-electron chi connectivity index (χ0n) is 37.6. The topological polar surface area (TPSA) is 219 Å². The molecule has 342 valence electrons. The third kappa shape index (κ3) is 11.5. The second kappa shape index (κ2) is 20.9. The molecule has 17 heteroatoms. The summed E-state index contributed by atoms with van der Waals surface area (Å²) < 4.78 is 59.4. The smallest absolute Gasteiger partial charge is 0.776 e. The second-order valence-electron chi connectivity index (χ2n) is 17.6. The van der Waals surface area contributed by atoms with E-state index < -0.39 is 42.6 Å². The van der Waals surface area contributed by atoms with Crippen LogP contribution in [-0.2, 0) is 34.9 Å². The minimum atomic E-state index is -5.83. The normalized spacial score (nSPS) is 18.5. The summed E-state index contributed by atoms with van der Waals surface area (Å²) in [5, 5.41) is 11.0. The molecule has 0 radical (unpaired) electrons.